The summed E-state index contributed by atoms with van der Waals surface area (Å²) < 4.78 is 5.73. The van der Waals surface area contributed by atoms with Crippen molar-refractivity contribution in [3.05, 3.63) is 53.6 Å². The first kappa shape index (κ1) is 15.4. The lowest BCUT2D eigenvalue weighted by molar-refractivity contribution is 0.182. The number of rotatable bonds is 3. The molecule has 0 fully saturated rings. The van der Waals surface area contributed by atoms with Crippen LogP contribution in [-0.4, -0.2) is 17.8 Å². The summed E-state index contributed by atoms with van der Waals surface area (Å²) in [6.07, 6.45) is -0.349. The number of ether oxygens (including phenoxy) is 1. The molecule has 120 valence electrons. The van der Waals surface area contributed by atoms with Crippen molar-refractivity contribution in [3.8, 4) is 16.9 Å². The molecule has 0 saturated heterocycles. The second kappa shape index (κ2) is 6.32. The first-order valence-corrected chi connectivity index (χ1v) is 7.91. The average Bonchev–Trinajstić information content (AvgIpc) is 2.54. The van der Waals surface area contributed by atoms with Crippen LogP contribution in [0.5, 0.6) is 5.75 Å². The quantitative estimate of drug-likeness (QED) is 0.873. The Hall–Kier alpha value is -2.49. The molecule has 23 heavy (non-hydrogen) atoms. The molecule has 3 rings (SSSR count). The van der Waals surface area contributed by atoms with Crippen molar-refractivity contribution >= 4 is 6.09 Å². The fourth-order valence-corrected chi connectivity index (χ4v) is 2.93. The van der Waals surface area contributed by atoms with Gasteiger partial charge in [-0.3, -0.25) is 0 Å². The maximum atomic E-state index is 10.9. The molecule has 0 saturated carbocycles. The van der Waals surface area contributed by atoms with Crippen molar-refractivity contribution < 1.29 is 14.6 Å². The maximum Gasteiger partial charge on any atom is 0.405 e. The number of nitrogens with one attached hydrogen (secondary N) is 1. The van der Waals surface area contributed by atoms with E-state index < -0.39 is 6.09 Å². The molecular formula is C19H21NO3. The molecule has 2 N–H and O–H groups in total. The van der Waals surface area contributed by atoms with Crippen molar-refractivity contribution in [2.45, 2.75) is 32.2 Å². The van der Waals surface area contributed by atoms with Crippen molar-refractivity contribution in [3.63, 3.8) is 0 Å². The van der Waals surface area contributed by atoms with Crippen LogP contribution in [0.3, 0.4) is 0 Å². The molecule has 0 radical (unpaired) electrons. The summed E-state index contributed by atoms with van der Waals surface area (Å²) in [5, 5.41) is 11.5. The molecule has 0 aromatic heterocycles. The lowest BCUT2D eigenvalue weighted by Gasteiger charge is -2.26. The van der Waals surface area contributed by atoms with Gasteiger partial charge < -0.3 is 15.2 Å². The van der Waals surface area contributed by atoms with E-state index in [-0.39, 0.29) is 6.04 Å². The highest BCUT2D eigenvalue weighted by atomic mass is 16.5. The third-order valence-corrected chi connectivity index (χ3v) is 4.26. The Morgan fingerprint density at radius 3 is 2.52 bits per heavy atom. The third kappa shape index (κ3) is 3.31. The van der Waals surface area contributed by atoms with Gasteiger partial charge in [-0.1, -0.05) is 50.2 Å². The number of carboxylic acid groups (broad SMARTS) is 1. The Labute approximate surface area is 136 Å². The Morgan fingerprint density at radius 1 is 1.17 bits per heavy atom. The van der Waals surface area contributed by atoms with Gasteiger partial charge >= 0.3 is 6.09 Å². The van der Waals surface area contributed by atoms with Crippen LogP contribution in [0.15, 0.2) is 42.5 Å². The van der Waals surface area contributed by atoms with E-state index in [1.165, 1.54) is 5.56 Å². The molecule has 1 aliphatic heterocycles. The molecule has 1 amide bonds. The molecule has 1 atom stereocenters. The Morgan fingerprint density at radius 2 is 1.87 bits per heavy atom. The third-order valence-electron chi connectivity index (χ3n) is 4.26. The summed E-state index contributed by atoms with van der Waals surface area (Å²) in [5.41, 5.74) is 4.43. The average molecular weight is 311 g/mol. The SMILES string of the molecule is CC(C)c1ccc(-c2ccc3c(c2)OCCC3NC(=O)O)cc1. The van der Waals surface area contributed by atoms with E-state index >= 15 is 0 Å². The summed E-state index contributed by atoms with van der Waals surface area (Å²) >= 11 is 0. The van der Waals surface area contributed by atoms with Crippen LogP contribution in [0.4, 0.5) is 4.79 Å². The summed E-state index contributed by atoms with van der Waals surface area (Å²) in [6, 6.07) is 14.3. The summed E-state index contributed by atoms with van der Waals surface area (Å²) in [5.74, 6) is 1.28. The molecule has 1 heterocycles. The Kier molecular flexibility index (Phi) is 4.24. The van der Waals surface area contributed by atoms with Gasteiger partial charge in [0.15, 0.2) is 0 Å². The van der Waals surface area contributed by atoms with Crippen LogP contribution in [0.1, 0.15) is 43.4 Å². The largest absolute Gasteiger partial charge is 0.493 e. The van der Waals surface area contributed by atoms with Crippen molar-refractivity contribution in [2.75, 3.05) is 6.61 Å². The molecule has 0 aliphatic carbocycles. The summed E-state index contributed by atoms with van der Waals surface area (Å²) in [4.78, 5) is 10.9. The fraction of sp³-hybridized carbons (Fsp3) is 0.316. The van der Waals surface area contributed by atoms with Crippen LogP contribution < -0.4 is 10.1 Å². The zero-order chi connectivity index (χ0) is 16.4. The van der Waals surface area contributed by atoms with E-state index in [1.54, 1.807) is 0 Å². The highest BCUT2D eigenvalue weighted by molar-refractivity contribution is 5.68. The van der Waals surface area contributed by atoms with Crippen LogP contribution in [-0.2, 0) is 0 Å². The van der Waals surface area contributed by atoms with Crippen LogP contribution in [0.25, 0.3) is 11.1 Å². The highest BCUT2D eigenvalue weighted by Gasteiger charge is 2.23. The van der Waals surface area contributed by atoms with E-state index in [0.717, 1.165) is 22.4 Å². The van der Waals surface area contributed by atoms with Crippen molar-refractivity contribution in [2.24, 2.45) is 0 Å². The van der Waals surface area contributed by atoms with Gasteiger partial charge in [-0.15, -0.1) is 0 Å². The second-order valence-corrected chi connectivity index (χ2v) is 6.17. The lowest BCUT2D eigenvalue weighted by Crippen LogP contribution is -2.30. The van der Waals surface area contributed by atoms with Crippen LogP contribution in [0.2, 0.25) is 0 Å². The number of hydrogen-bond acceptors (Lipinski definition) is 2. The zero-order valence-electron chi connectivity index (χ0n) is 13.4. The Bertz CT molecular complexity index is 707. The van der Waals surface area contributed by atoms with Crippen LogP contribution >= 0.6 is 0 Å². The molecule has 4 heteroatoms. The topological polar surface area (TPSA) is 58.6 Å². The van der Waals surface area contributed by atoms with E-state index in [9.17, 15) is 4.79 Å². The number of amides is 1. The van der Waals surface area contributed by atoms with Gasteiger partial charge in [0.25, 0.3) is 0 Å². The normalized spacial score (nSPS) is 16.6. The van der Waals surface area contributed by atoms with Gasteiger partial charge in [0.2, 0.25) is 0 Å². The minimum Gasteiger partial charge on any atom is -0.493 e. The summed E-state index contributed by atoms with van der Waals surface area (Å²) in [6.45, 7) is 4.88. The predicted octanol–water partition coefficient (Wildman–Crippen LogP) is 4.57. The van der Waals surface area contributed by atoms with Crippen molar-refractivity contribution in [1.29, 1.82) is 0 Å². The first-order chi connectivity index (χ1) is 11.0. The molecule has 0 bridgehead atoms. The Balaban J connectivity index is 1.89. The van der Waals surface area contributed by atoms with Gasteiger partial charge in [0, 0.05) is 12.0 Å². The van der Waals surface area contributed by atoms with E-state index in [2.05, 4.69) is 43.4 Å². The lowest BCUT2D eigenvalue weighted by atomic mass is 9.95. The monoisotopic (exact) mass is 311 g/mol. The van der Waals surface area contributed by atoms with Gasteiger partial charge in [-0.25, -0.2) is 4.79 Å². The minimum atomic E-state index is -1.00. The zero-order valence-corrected chi connectivity index (χ0v) is 13.4. The molecule has 0 spiro atoms. The number of carbonyl (C=O) groups is 1. The number of fused-ring (bicyclic) bond motifs is 1. The molecule has 4 nitrogen and oxygen atoms in total. The fourth-order valence-electron chi connectivity index (χ4n) is 2.93. The molecule has 1 aliphatic rings. The summed E-state index contributed by atoms with van der Waals surface area (Å²) in [7, 11) is 0. The highest BCUT2D eigenvalue weighted by Crippen LogP contribution is 2.35. The van der Waals surface area contributed by atoms with Gasteiger partial charge in [0.1, 0.15) is 5.75 Å². The van der Waals surface area contributed by atoms with Crippen molar-refractivity contribution in [1.82, 2.24) is 5.32 Å². The second-order valence-electron chi connectivity index (χ2n) is 6.17. The van der Waals surface area contributed by atoms with E-state index in [0.29, 0.717) is 18.9 Å². The van der Waals surface area contributed by atoms with E-state index in [1.807, 2.05) is 18.2 Å². The first-order valence-electron chi connectivity index (χ1n) is 7.91. The van der Waals surface area contributed by atoms with Gasteiger partial charge in [0.05, 0.1) is 12.6 Å². The van der Waals surface area contributed by atoms with E-state index in [4.69, 9.17) is 9.84 Å². The van der Waals surface area contributed by atoms with Crippen LogP contribution in [0, 0.1) is 0 Å². The smallest absolute Gasteiger partial charge is 0.405 e. The molecule has 2 aromatic rings. The predicted molar refractivity (Wildman–Crippen MR) is 90.0 cm³/mol. The van der Waals surface area contributed by atoms with Gasteiger partial charge in [-0.05, 0) is 28.7 Å². The molecular weight excluding hydrogens is 290 g/mol. The number of benzene rings is 2. The number of hydrogen-bond donors (Lipinski definition) is 2. The molecule has 2 aromatic carbocycles. The standard InChI is InChI=1S/C19H21NO3/c1-12(2)13-3-5-14(6-4-13)15-7-8-16-17(20-19(21)22)9-10-23-18(16)11-15/h3-8,11-12,17,20H,9-10H2,1-2H3,(H,21,22). The minimum absolute atomic E-state index is 0.200. The maximum absolute atomic E-state index is 10.9. The molecule has 1 unspecified atom stereocenters. The van der Waals surface area contributed by atoms with Gasteiger partial charge in [-0.2, -0.15) is 0 Å².